The highest BCUT2D eigenvalue weighted by Crippen LogP contribution is 2.38. The van der Waals surface area contributed by atoms with Gasteiger partial charge in [0.1, 0.15) is 5.56 Å². The van der Waals surface area contributed by atoms with Crippen LogP contribution >= 0.6 is 0 Å². The van der Waals surface area contributed by atoms with Crippen LogP contribution < -0.4 is 5.32 Å². The van der Waals surface area contributed by atoms with E-state index in [9.17, 15) is 28.1 Å². The van der Waals surface area contributed by atoms with E-state index in [0.717, 1.165) is 50.9 Å². The molecule has 0 bridgehead atoms. The summed E-state index contributed by atoms with van der Waals surface area (Å²) in [6.45, 7) is 6.02. The highest BCUT2D eigenvalue weighted by Gasteiger charge is 2.38. The average Bonchev–Trinajstić information content (AvgIpc) is 2.88. The molecule has 1 aromatic rings. The van der Waals surface area contributed by atoms with E-state index in [4.69, 9.17) is 0 Å². The summed E-state index contributed by atoms with van der Waals surface area (Å²) in [5.74, 6) is 0.123. The smallest absolute Gasteiger partial charge is 0.382 e. The van der Waals surface area contributed by atoms with Gasteiger partial charge in [-0.05, 0) is 37.8 Å². The molecule has 0 spiro atoms. The van der Waals surface area contributed by atoms with Crippen molar-refractivity contribution < 1.29 is 22.9 Å². The van der Waals surface area contributed by atoms with E-state index >= 15 is 0 Å². The second-order valence-electron chi connectivity index (χ2n) is 10.2. The van der Waals surface area contributed by atoms with Crippen molar-refractivity contribution in [2.45, 2.75) is 77.1 Å². The third kappa shape index (κ3) is 7.80. The highest BCUT2D eigenvalue weighted by molar-refractivity contribution is 5.76. The fourth-order valence-corrected chi connectivity index (χ4v) is 5.73. The lowest BCUT2D eigenvalue weighted by atomic mass is 9.94. The normalized spacial score (nSPS) is 20.9. The number of benzene rings is 1. The van der Waals surface area contributed by atoms with E-state index in [1.165, 1.54) is 38.2 Å². The summed E-state index contributed by atoms with van der Waals surface area (Å²) in [6.07, 6.45) is 3.59. The van der Waals surface area contributed by atoms with Crippen LogP contribution in [0.25, 0.3) is 0 Å². The largest absolute Gasteiger partial charge is 0.423 e. The Morgan fingerprint density at radius 3 is 2.24 bits per heavy atom. The molecule has 208 valence electrons. The van der Waals surface area contributed by atoms with Crippen LogP contribution in [0.2, 0.25) is 0 Å². The lowest BCUT2D eigenvalue weighted by Crippen LogP contribution is -2.51. The molecule has 0 unspecified atom stereocenters. The van der Waals surface area contributed by atoms with Crippen molar-refractivity contribution in [3.05, 3.63) is 33.9 Å². The number of nitro groups is 1. The van der Waals surface area contributed by atoms with Crippen LogP contribution in [0.3, 0.4) is 0 Å². The Balaban J connectivity index is 0.00000380. The second-order valence-corrected chi connectivity index (χ2v) is 10.2. The zero-order valence-corrected chi connectivity index (χ0v) is 20.6. The lowest BCUT2D eigenvalue weighted by molar-refractivity contribution is -0.388. The number of carbonyl (C=O) groups is 1. The van der Waals surface area contributed by atoms with Gasteiger partial charge in [-0.25, -0.2) is 0 Å². The molecular formula is C26H40F3N5O3. The minimum Gasteiger partial charge on any atom is -0.382 e. The van der Waals surface area contributed by atoms with E-state index in [2.05, 4.69) is 15.1 Å². The minimum atomic E-state index is -4.81. The van der Waals surface area contributed by atoms with Crippen LogP contribution in [0.15, 0.2) is 18.2 Å². The molecule has 1 aliphatic carbocycles. The number of piperidine rings is 1. The predicted octanol–water partition coefficient (Wildman–Crippen LogP) is 4.99. The third-order valence-electron chi connectivity index (χ3n) is 7.86. The number of halogens is 3. The summed E-state index contributed by atoms with van der Waals surface area (Å²) in [6, 6.07) is 3.63. The van der Waals surface area contributed by atoms with Gasteiger partial charge in [0.15, 0.2) is 0 Å². The van der Waals surface area contributed by atoms with Crippen molar-refractivity contribution in [2.75, 3.05) is 51.1 Å². The molecule has 2 heterocycles. The molecule has 2 aliphatic heterocycles. The van der Waals surface area contributed by atoms with Gasteiger partial charge in [-0.3, -0.25) is 19.8 Å². The summed E-state index contributed by atoms with van der Waals surface area (Å²) < 4.78 is 39.7. The number of amides is 1. The van der Waals surface area contributed by atoms with Gasteiger partial charge in [0.2, 0.25) is 5.91 Å². The Hall–Kier alpha value is -2.40. The number of hydrogen-bond acceptors (Lipinski definition) is 6. The van der Waals surface area contributed by atoms with Crippen LogP contribution in [-0.4, -0.2) is 83.4 Å². The molecule has 8 nitrogen and oxygen atoms in total. The van der Waals surface area contributed by atoms with Crippen molar-refractivity contribution in [1.82, 2.24) is 14.7 Å². The number of nitrogens with zero attached hydrogens (tertiary/aromatic N) is 4. The van der Waals surface area contributed by atoms with E-state index in [1.807, 2.05) is 4.90 Å². The van der Waals surface area contributed by atoms with Crippen LogP contribution in [0.1, 0.15) is 64.4 Å². The zero-order valence-electron chi connectivity index (χ0n) is 20.6. The van der Waals surface area contributed by atoms with Gasteiger partial charge in [-0.2, -0.15) is 13.2 Å². The molecule has 11 heteroatoms. The van der Waals surface area contributed by atoms with Crippen LogP contribution in [-0.2, 0) is 11.0 Å². The number of nitrogens with one attached hydrogen (secondary N) is 1. The van der Waals surface area contributed by atoms with Gasteiger partial charge in [0, 0.05) is 76.1 Å². The second kappa shape index (κ2) is 12.9. The van der Waals surface area contributed by atoms with Gasteiger partial charge in [0.05, 0.1) is 4.92 Å². The lowest BCUT2D eigenvalue weighted by Gasteiger charge is -2.41. The maximum absolute atomic E-state index is 13.2. The zero-order chi connectivity index (χ0) is 25.7. The average molecular weight is 528 g/mol. The minimum absolute atomic E-state index is 0. The van der Waals surface area contributed by atoms with E-state index in [1.54, 1.807) is 0 Å². The maximum Gasteiger partial charge on any atom is 0.423 e. The molecule has 2 saturated heterocycles. The molecule has 4 rings (SSSR count). The molecular weight excluding hydrogens is 487 g/mol. The summed E-state index contributed by atoms with van der Waals surface area (Å²) >= 11 is 0. The van der Waals surface area contributed by atoms with Crippen molar-refractivity contribution in [2.24, 2.45) is 0 Å². The first-order valence-corrected chi connectivity index (χ1v) is 13.1. The summed E-state index contributed by atoms with van der Waals surface area (Å²) in [4.78, 5) is 29.5. The fourth-order valence-electron chi connectivity index (χ4n) is 5.73. The van der Waals surface area contributed by atoms with Crippen LogP contribution in [0.5, 0.6) is 0 Å². The molecule has 0 radical (unpaired) electrons. The summed E-state index contributed by atoms with van der Waals surface area (Å²) in [5, 5.41) is 14.0. The van der Waals surface area contributed by atoms with Gasteiger partial charge >= 0.3 is 6.18 Å². The van der Waals surface area contributed by atoms with Crippen molar-refractivity contribution >= 4 is 17.3 Å². The number of nitro benzene ring substituents is 1. The monoisotopic (exact) mass is 527 g/mol. The molecule has 1 saturated carbocycles. The molecule has 1 aromatic carbocycles. The SMILES string of the molecule is C.O=C(CCN1CCN(C2CCCCC2)CC1)N1CCC(Nc2ccc([N+](=O)[O-])c(C(F)(F)F)c2)CC1. The number of likely N-dealkylation sites (tertiary alicyclic amines) is 1. The first kappa shape index (κ1) is 29.2. The van der Waals surface area contributed by atoms with Crippen molar-refractivity contribution in [3.8, 4) is 0 Å². The van der Waals surface area contributed by atoms with Crippen molar-refractivity contribution in [3.63, 3.8) is 0 Å². The Morgan fingerprint density at radius 2 is 1.65 bits per heavy atom. The molecule has 0 aromatic heterocycles. The quantitative estimate of drug-likeness (QED) is 0.397. The number of alkyl halides is 3. The Bertz CT molecular complexity index is 907. The molecule has 1 N–H and O–H groups in total. The van der Waals surface area contributed by atoms with Gasteiger partial charge < -0.3 is 15.1 Å². The number of hydrogen-bond donors (Lipinski definition) is 1. The molecule has 0 atom stereocenters. The predicted molar refractivity (Wildman–Crippen MR) is 138 cm³/mol. The van der Waals surface area contributed by atoms with Gasteiger partial charge in [-0.1, -0.05) is 26.7 Å². The van der Waals surface area contributed by atoms with Crippen LogP contribution in [0.4, 0.5) is 24.5 Å². The third-order valence-corrected chi connectivity index (χ3v) is 7.86. The standard InChI is InChI=1S/C25H36F3N5O3.CH4/c26-25(27,28)22-18-20(6-7-23(22)33(35)36)29-19-8-12-32(13-9-19)24(34)10-11-30-14-16-31(17-15-30)21-4-2-1-3-5-21;/h6-7,18-19,21,29H,1-5,8-17H2;1H4. The molecule has 3 aliphatic rings. The van der Waals surface area contributed by atoms with E-state index in [-0.39, 0.29) is 25.1 Å². The fraction of sp³-hybridized carbons (Fsp3) is 0.731. The summed E-state index contributed by atoms with van der Waals surface area (Å²) in [7, 11) is 0. The van der Waals surface area contributed by atoms with E-state index in [0.29, 0.717) is 32.4 Å². The van der Waals surface area contributed by atoms with Gasteiger partial charge in [-0.15, -0.1) is 0 Å². The number of piperazine rings is 1. The summed E-state index contributed by atoms with van der Waals surface area (Å²) in [5.41, 5.74) is -2.02. The molecule has 3 fully saturated rings. The van der Waals surface area contributed by atoms with Gasteiger partial charge in [0.25, 0.3) is 5.69 Å². The van der Waals surface area contributed by atoms with Crippen molar-refractivity contribution in [1.29, 1.82) is 0 Å². The number of rotatable bonds is 7. The first-order chi connectivity index (χ1) is 17.2. The molecule has 37 heavy (non-hydrogen) atoms. The number of carbonyl (C=O) groups excluding carboxylic acids is 1. The Kier molecular flexibility index (Phi) is 10.2. The van der Waals surface area contributed by atoms with E-state index < -0.39 is 22.4 Å². The number of anilines is 1. The molecule has 1 amide bonds. The highest BCUT2D eigenvalue weighted by atomic mass is 19.4. The maximum atomic E-state index is 13.2. The Labute approximate surface area is 217 Å². The Morgan fingerprint density at radius 1 is 1.00 bits per heavy atom. The first-order valence-electron chi connectivity index (χ1n) is 13.1. The van der Waals surface area contributed by atoms with Crippen LogP contribution in [0, 0.1) is 10.1 Å². The topological polar surface area (TPSA) is 82.0 Å².